The summed E-state index contributed by atoms with van der Waals surface area (Å²) in [5.41, 5.74) is 0. The zero-order chi connectivity index (χ0) is 11.5. The van der Waals surface area contributed by atoms with E-state index in [4.69, 9.17) is 5.11 Å². The van der Waals surface area contributed by atoms with Crippen molar-refractivity contribution in [2.75, 3.05) is 5.32 Å². The Balaban J connectivity index is 1.88. The summed E-state index contributed by atoms with van der Waals surface area (Å²) in [6, 6.07) is -1.31. The normalized spacial score (nSPS) is 16.5. The van der Waals surface area contributed by atoms with Crippen molar-refractivity contribution in [1.29, 1.82) is 0 Å². The highest BCUT2D eigenvalue weighted by Gasteiger charge is 2.37. The van der Waals surface area contributed by atoms with Crippen LogP contribution in [0, 0.1) is 5.92 Å². The number of carboxylic acid groups (broad SMARTS) is 1. The second-order valence-corrected chi connectivity index (χ2v) is 4.48. The topological polar surface area (TPSA) is 91.3 Å². The zero-order valence-electron chi connectivity index (χ0n) is 8.34. The molecule has 6 nitrogen and oxygen atoms in total. The number of aliphatic carboxylic acids is 1. The minimum atomic E-state index is -0.989. The standard InChI is InChI=1S/C9H11N3O3S/c13-7(14)6(5-1-2-5)11-8(15)12-9-10-3-4-16-9/h3-6H,1-2H2,(H,13,14)(H2,10,11,12,15). The van der Waals surface area contributed by atoms with Crippen molar-refractivity contribution >= 4 is 28.5 Å². The number of anilines is 1. The third kappa shape index (κ3) is 2.69. The van der Waals surface area contributed by atoms with Crippen LogP contribution in [0.1, 0.15) is 12.8 Å². The molecule has 1 heterocycles. The summed E-state index contributed by atoms with van der Waals surface area (Å²) in [7, 11) is 0. The first-order chi connectivity index (χ1) is 7.66. The van der Waals surface area contributed by atoms with Gasteiger partial charge in [0.15, 0.2) is 5.13 Å². The molecule has 0 aliphatic heterocycles. The third-order valence-electron chi connectivity index (χ3n) is 2.30. The van der Waals surface area contributed by atoms with Crippen molar-refractivity contribution in [2.24, 2.45) is 5.92 Å². The maximum atomic E-state index is 11.4. The Hall–Kier alpha value is -1.63. The van der Waals surface area contributed by atoms with Gasteiger partial charge in [0, 0.05) is 11.6 Å². The van der Waals surface area contributed by atoms with E-state index in [1.54, 1.807) is 11.6 Å². The smallest absolute Gasteiger partial charge is 0.326 e. The quantitative estimate of drug-likeness (QED) is 0.736. The fourth-order valence-corrected chi connectivity index (χ4v) is 1.89. The molecule has 3 N–H and O–H groups in total. The molecule has 7 heteroatoms. The Morgan fingerprint density at radius 1 is 1.56 bits per heavy atom. The van der Waals surface area contributed by atoms with Crippen LogP contribution < -0.4 is 10.6 Å². The first kappa shape index (κ1) is 10.9. The van der Waals surface area contributed by atoms with Crippen LogP contribution in [0.5, 0.6) is 0 Å². The van der Waals surface area contributed by atoms with Crippen LogP contribution >= 0.6 is 11.3 Å². The van der Waals surface area contributed by atoms with Crippen LogP contribution in [0.25, 0.3) is 0 Å². The molecule has 0 aromatic carbocycles. The molecule has 1 aliphatic carbocycles. The Kier molecular flexibility index (Phi) is 3.04. The van der Waals surface area contributed by atoms with Gasteiger partial charge < -0.3 is 10.4 Å². The molecule has 1 aliphatic rings. The summed E-state index contributed by atoms with van der Waals surface area (Å²) in [6.45, 7) is 0. The van der Waals surface area contributed by atoms with Crippen LogP contribution in [0.4, 0.5) is 9.93 Å². The van der Waals surface area contributed by atoms with E-state index < -0.39 is 18.0 Å². The predicted octanol–water partition coefficient (Wildman–Crippen LogP) is 1.13. The molecule has 1 aromatic rings. The lowest BCUT2D eigenvalue weighted by Crippen LogP contribution is -2.44. The maximum Gasteiger partial charge on any atom is 0.326 e. The monoisotopic (exact) mass is 241 g/mol. The predicted molar refractivity (Wildman–Crippen MR) is 58.4 cm³/mol. The van der Waals surface area contributed by atoms with Gasteiger partial charge in [-0.3, -0.25) is 5.32 Å². The summed E-state index contributed by atoms with van der Waals surface area (Å²) >= 11 is 1.28. The van der Waals surface area contributed by atoms with Gasteiger partial charge in [-0.2, -0.15) is 0 Å². The number of amides is 2. The lowest BCUT2D eigenvalue weighted by Gasteiger charge is -2.13. The summed E-state index contributed by atoms with van der Waals surface area (Å²) in [5, 5.41) is 16.0. The van der Waals surface area contributed by atoms with Gasteiger partial charge in [-0.05, 0) is 18.8 Å². The summed E-state index contributed by atoms with van der Waals surface area (Å²) in [4.78, 5) is 26.2. The number of hydrogen-bond acceptors (Lipinski definition) is 4. The van der Waals surface area contributed by atoms with Crippen LogP contribution in [0.2, 0.25) is 0 Å². The molecule has 16 heavy (non-hydrogen) atoms. The average molecular weight is 241 g/mol. The van der Waals surface area contributed by atoms with Crippen LogP contribution in [-0.4, -0.2) is 28.1 Å². The number of thiazole rings is 1. The number of aromatic nitrogens is 1. The second kappa shape index (κ2) is 4.48. The second-order valence-electron chi connectivity index (χ2n) is 3.59. The number of carbonyl (C=O) groups excluding carboxylic acids is 1. The molecule has 0 spiro atoms. The minimum Gasteiger partial charge on any atom is -0.480 e. The lowest BCUT2D eigenvalue weighted by molar-refractivity contribution is -0.139. The van der Waals surface area contributed by atoms with Gasteiger partial charge in [0.2, 0.25) is 0 Å². The van der Waals surface area contributed by atoms with E-state index in [1.807, 2.05) is 0 Å². The number of carbonyl (C=O) groups is 2. The molecular weight excluding hydrogens is 230 g/mol. The molecular formula is C9H11N3O3S. The number of carboxylic acids is 1. The van der Waals surface area contributed by atoms with Gasteiger partial charge >= 0.3 is 12.0 Å². The summed E-state index contributed by atoms with van der Waals surface area (Å²) in [6.07, 6.45) is 3.28. The molecule has 1 saturated carbocycles. The van der Waals surface area contributed by atoms with E-state index in [2.05, 4.69) is 15.6 Å². The molecule has 1 atom stereocenters. The Labute approximate surface area is 95.7 Å². The van der Waals surface area contributed by atoms with Gasteiger partial charge in [-0.15, -0.1) is 11.3 Å². The van der Waals surface area contributed by atoms with Crippen molar-refractivity contribution in [3.05, 3.63) is 11.6 Å². The van der Waals surface area contributed by atoms with Crippen LogP contribution in [-0.2, 0) is 4.79 Å². The molecule has 0 saturated heterocycles. The number of urea groups is 1. The van der Waals surface area contributed by atoms with Crippen molar-refractivity contribution in [3.8, 4) is 0 Å². The molecule has 0 bridgehead atoms. The molecule has 86 valence electrons. The zero-order valence-corrected chi connectivity index (χ0v) is 9.16. The average Bonchev–Trinajstić information content (AvgIpc) is 2.94. The molecule has 1 aromatic heterocycles. The van der Waals surface area contributed by atoms with E-state index in [9.17, 15) is 9.59 Å². The molecule has 1 unspecified atom stereocenters. The summed E-state index contributed by atoms with van der Waals surface area (Å²) in [5.74, 6) is -0.920. The Morgan fingerprint density at radius 2 is 2.31 bits per heavy atom. The highest BCUT2D eigenvalue weighted by Crippen LogP contribution is 2.32. The van der Waals surface area contributed by atoms with E-state index in [0.717, 1.165) is 12.8 Å². The Bertz CT molecular complexity index is 389. The molecule has 2 rings (SSSR count). The van der Waals surface area contributed by atoms with Crippen molar-refractivity contribution in [1.82, 2.24) is 10.3 Å². The van der Waals surface area contributed by atoms with Gasteiger partial charge in [0.05, 0.1) is 0 Å². The van der Waals surface area contributed by atoms with E-state index >= 15 is 0 Å². The molecule has 2 amide bonds. The van der Waals surface area contributed by atoms with Crippen LogP contribution in [0.15, 0.2) is 11.6 Å². The Morgan fingerprint density at radius 3 is 2.81 bits per heavy atom. The molecule has 1 fully saturated rings. The largest absolute Gasteiger partial charge is 0.480 e. The van der Waals surface area contributed by atoms with Crippen molar-refractivity contribution in [2.45, 2.75) is 18.9 Å². The SMILES string of the molecule is O=C(Nc1nccs1)NC(C(=O)O)C1CC1. The van der Waals surface area contributed by atoms with Crippen LogP contribution in [0.3, 0.4) is 0 Å². The van der Waals surface area contributed by atoms with E-state index in [-0.39, 0.29) is 5.92 Å². The third-order valence-corrected chi connectivity index (χ3v) is 2.99. The van der Waals surface area contributed by atoms with Gasteiger partial charge in [0.25, 0.3) is 0 Å². The maximum absolute atomic E-state index is 11.4. The fourth-order valence-electron chi connectivity index (χ4n) is 1.37. The van der Waals surface area contributed by atoms with Crippen molar-refractivity contribution < 1.29 is 14.7 Å². The number of hydrogen-bond donors (Lipinski definition) is 3. The van der Waals surface area contributed by atoms with Gasteiger partial charge in [-0.25, -0.2) is 14.6 Å². The highest BCUT2D eigenvalue weighted by molar-refractivity contribution is 7.13. The molecule has 0 radical (unpaired) electrons. The number of rotatable bonds is 4. The van der Waals surface area contributed by atoms with Gasteiger partial charge in [-0.1, -0.05) is 0 Å². The van der Waals surface area contributed by atoms with Gasteiger partial charge in [0.1, 0.15) is 6.04 Å². The first-order valence-electron chi connectivity index (χ1n) is 4.86. The number of nitrogens with one attached hydrogen (secondary N) is 2. The lowest BCUT2D eigenvalue weighted by atomic mass is 10.2. The fraction of sp³-hybridized carbons (Fsp3) is 0.444. The first-order valence-corrected chi connectivity index (χ1v) is 5.74. The van der Waals surface area contributed by atoms with E-state index in [0.29, 0.717) is 5.13 Å². The summed E-state index contributed by atoms with van der Waals surface area (Å²) < 4.78 is 0. The minimum absolute atomic E-state index is 0.0690. The van der Waals surface area contributed by atoms with E-state index in [1.165, 1.54) is 11.3 Å². The number of nitrogens with zero attached hydrogens (tertiary/aromatic N) is 1. The van der Waals surface area contributed by atoms with Crippen molar-refractivity contribution in [3.63, 3.8) is 0 Å². The highest BCUT2D eigenvalue weighted by atomic mass is 32.1.